The van der Waals surface area contributed by atoms with E-state index in [9.17, 15) is 4.79 Å². The van der Waals surface area contributed by atoms with Crippen molar-refractivity contribution in [3.8, 4) is 5.75 Å². The van der Waals surface area contributed by atoms with Crippen LogP contribution in [-0.4, -0.2) is 12.1 Å². The number of ether oxygens (including phenoxy) is 1. The van der Waals surface area contributed by atoms with Crippen LogP contribution in [0.1, 0.15) is 44.6 Å². The fraction of sp³-hybridized carbons (Fsp3) is 0.533. The summed E-state index contributed by atoms with van der Waals surface area (Å²) in [7, 11) is 0. The largest absolute Gasteiger partial charge is 0.427 e. The summed E-state index contributed by atoms with van der Waals surface area (Å²) in [5.74, 6) is 0.632. The van der Waals surface area contributed by atoms with E-state index in [4.69, 9.17) is 4.74 Å². The lowest BCUT2D eigenvalue weighted by Crippen LogP contribution is -2.46. The van der Waals surface area contributed by atoms with Gasteiger partial charge in [0.15, 0.2) is 0 Å². The number of rotatable bonds is 4. The van der Waals surface area contributed by atoms with E-state index in [1.165, 1.54) is 19.3 Å². The lowest BCUT2D eigenvalue weighted by Gasteiger charge is -2.22. The third kappa shape index (κ3) is 4.24. The highest BCUT2D eigenvalue weighted by atomic mass is 16.6. The highest BCUT2D eigenvalue weighted by Crippen LogP contribution is 2.19. The van der Waals surface area contributed by atoms with Gasteiger partial charge in [-0.25, -0.2) is 10.2 Å². The highest BCUT2D eigenvalue weighted by Gasteiger charge is 2.14. The van der Waals surface area contributed by atoms with E-state index in [2.05, 4.69) is 10.9 Å². The van der Waals surface area contributed by atoms with Crippen LogP contribution in [0.3, 0.4) is 0 Å². The minimum Gasteiger partial charge on any atom is -0.409 e. The van der Waals surface area contributed by atoms with Crippen molar-refractivity contribution in [2.75, 3.05) is 0 Å². The van der Waals surface area contributed by atoms with Gasteiger partial charge in [0, 0.05) is 6.04 Å². The number of carbonyl (C=O) groups is 1. The smallest absolute Gasteiger partial charge is 0.409 e. The number of hydrogen-bond donors (Lipinski definition) is 2. The Balaban J connectivity index is 1.80. The molecule has 4 nitrogen and oxygen atoms in total. The molecule has 1 aromatic rings. The third-order valence-electron chi connectivity index (χ3n) is 3.54. The van der Waals surface area contributed by atoms with Crippen LogP contribution in [0.15, 0.2) is 24.3 Å². The zero-order valence-electron chi connectivity index (χ0n) is 11.4. The summed E-state index contributed by atoms with van der Waals surface area (Å²) in [5, 5.41) is 0. The molecule has 1 aromatic carbocycles. The van der Waals surface area contributed by atoms with E-state index >= 15 is 0 Å². The van der Waals surface area contributed by atoms with Crippen molar-refractivity contribution in [1.82, 2.24) is 10.9 Å². The van der Waals surface area contributed by atoms with Gasteiger partial charge in [0.1, 0.15) is 5.75 Å². The molecule has 0 spiro atoms. The van der Waals surface area contributed by atoms with Crippen molar-refractivity contribution in [2.45, 2.75) is 51.5 Å². The summed E-state index contributed by atoms with van der Waals surface area (Å²) >= 11 is 0. The van der Waals surface area contributed by atoms with Crippen molar-refractivity contribution in [2.24, 2.45) is 0 Å². The van der Waals surface area contributed by atoms with Crippen LogP contribution in [0.5, 0.6) is 5.75 Å². The molecule has 104 valence electrons. The zero-order chi connectivity index (χ0) is 13.5. The second kappa shape index (κ2) is 7.14. The molecule has 1 aliphatic rings. The van der Waals surface area contributed by atoms with Gasteiger partial charge in [-0.3, -0.25) is 5.43 Å². The third-order valence-corrected chi connectivity index (χ3v) is 3.54. The molecule has 0 aromatic heterocycles. The fourth-order valence-electron chi connectivity index (χ4n) is 2.43. The minimum absolute atomic E-state index is 0.378. The molecular weight excluding hydrogens is 240 g/mol. The van der Waals surface area contributed by atoms with Crippen LogP contribution >= 0.6 is 0 Å². The normalized spacial score (nSPS) is 16.1. The number of aryl methyl sites for hydroxylation is 1. The summed E-state index contributed by atoms with van der Waals surface area (Å²) in [6.45, 7) is 2.04. The average molecular weight is 262 g/mol. The van der Waals surface area contributed by atoms with Crippen LogP contribution in [0.25, 0.3) is 0 Å². The molecule has 1 amide bonds. The predicted octanol–water partition coefficient (Wildman–Crippen LogP) is 3.17. The standard InChI is InChI=1S/C15H22N2O2/c1-2-12-8-6-7-11-14(12)19-15(18)17-16-13-9-4-3-5-10-13/h6-8,11,13,16H,2-5,9-10H2,1H3,(H,17,18). The summed E-state index contributed by atoms with van der Waals surface area (Å²) in [6.07, 6.45) is 6.40. The van der Waals surface area contributed by atoms with E-state index in [-0.39, 0.29) is 0 Å². The number of carbonyl (C=O) groups excluding carboxylic acids is 1. The Morgan fingerprint density at radius 2 is 2.00 bits per heavy atom. The Morgan fingerprint density at radius 1 is 1.26 bits per heavy atom. The molecule has 2 rings (SSSR count). The van der Waals surface area contributed by atoms with Crippen molar-refractivity contribution in [1.29, 1.82) is 0 Å². The first-order valence-electron chi connectivity index (χ1n) is 7.11. The van der Waals surface area contributed by atoms with Crippen LogP contribution in [0, 0.1) is 0 Å². The molecular formula is C15H22N2O2. The van der Waals surface area contributed by atoms with Crippen molar-refractivity contribution in [3.63, 3.8) is 0 Å². The molecule has 0 heterocycles. The number of para-hydroxylation sites is 1. The van der Waals surface area contributed by atoms with E-state index in [1.54, 1.807) is 0 Å². The molecule has 0 unspecified atom stereocenters. The Labute approximate surface area is 114 Å². The fourth-order valence-corrected chi connectivity index (χ4v) is 2.43. The number of nitrogens with one attached hydrogen (secondary N) is 2. The van der Waals surface area contributed by atoms with Gasteiger partial charge >= 0.3 is 6.09 Å². The van der Waals surface area contributed by atoms with Crippen LogP contribution in [-0.2, 0) is 6.42 Å². The highest BCUT2D eigenvalue weighted by molar-refractivity contribution is 5.70. The summed E-state index contributed by atoms with van der Waals surface area (Å²) in [5.41, 5.74) is 6.73. The molecule has 1 fully saturated rings. The van der Waals surface area contributed by atoms with Gasteiger partial charge < -0.3 is 4.74 Å². The molecule has 0 saturated heterocycles. The Kier molecular flexibility index (Phi) is 5.21. The maximum Gasteiger partial charge on any atom is 0.427 e. The number of benzene rings is 1. The van der Waals surface area contributed by atoms with Crippen molar-refractivity contribution >= 4 is 6.09 Å². The van der Waals surface area contributed by atoms with E-state index in [1.807, 2.05) is 31.2 Å². The van der Waals surface area contributed by atoms with Crippen LogP contribution in [0.4, 0.5) is 4.79 Å². The van der Waals surface area contributed by atoms with Gasteiger partial charge in [-0.1, -0.05) is 44.4 Å². The van der Waals surface area contributed by atoms with Gasteiger partial charge in [0.25, 0.3) is 0 Å². The molecule has 0 radical (unpaired) electrons. The molecule has 0 aliphatic heterocycles. The second-order valence-electron chi connectivity index (χ2n) is 4.96. The molecule has 19 heavy (non-hydrogen) atoms. The first kappa shape index (κ1) is 13.9. The summed E-state index contributed by atoms with van der Waals surface area (Å²) < 4.78 is 5.31. The lowest BCUT2D eigenvalue weighted by molar-refractivity contribution is 0.189. The molecule has 0 atom stereocenters. The topological polar surface area (TPSA) is 50.4 Å². The van der Waals surface area contributed by atoms with E-state index in [0.29, 0.717) is 11.8 Å². The average Bonchev–Trinajstić information content (AvgIpc) is 2.47. The molecule has 2 N–H and O–H groups in total. The van der Waals surface area contributed by atoms with Gasteiger partial charge in [0.2, 0.25) is 0 Å². The van der Waals surface area contributed by atoms with E-state index in [0.717, 1.165) is 24.8 Å². The van der Waals surface area contributed by atoms with Gasteiger partial charge in [-0.15, -0.1) is 0 Å². The molecule has 4 heteroatoms. The van der Waals surface area contributed by atoms with Crippen molar-refractivity contribution < 1.29 is 9.53 Å². The molecule has 1 saturated carbocycles. The second-order valence-corrected chi connectivity index (χ2v) is 4.96. The maximum absolute atomic E-state index is 11.7. The predicted molar refractivity (Wildman–Crippen MR) is 75.0 cm³/mol. The number of amides is 1. The Bertz CT molecular complexity index is 414. The first-order valence-corrected chi connectivity index (χ1v) is 7.11. The molecule has 1 aliphatic carbocycles. The van der Waals surface area contributed by atoms with Crippen LogP contribution in [0.2, 0.25) is 0 Å². The van der Waals surface area contributed by atoms with E-state index < -0.39 is 6.09 Å². The van der Waals surface area contributed by atoms with Gasteiger partial charge in [-0.2, -0.15) is 0 Å². The first-order chi connectivity index (χ1) is 9.29. The minimum atomic E-state index is -0.438. The quantitative estimate of drug-likeness (QED) is 0.819. The van der Waals surface area contributed by atoms with Gasteiger partial charge in [-0.05, 0) is 30.9 Å². The van der Waals surface area contributed by atoms with Crippen molar-refractivity contribution in [3.05, 3.63) is 29.8 Å². The Morgan fingerprint density at radius 3 is 2.74 bits per heavy atom. The SMILES string of the molecule is CCc1ccccc1OC(=O)NNC1CCCCC1. The van der Waals surface area contributed by atoms with Crippen LogP contribution < -0.4 is 15.6 Å². The Hall–Kier alpha value is -1.55. The monoisotopic (exact) mass is 262 g/mol. The van der Waals surface area contributed by atoms with Gasteiger partial charge in [0.05, 0.1) is 0 Å². The molecule has 0 bridgehead atoms. The maximum atomic E-state index is 11.7. The number of hydrazine groups is 1. The summed E-state index contributed by atoms with van der Waals surface area (Å²) in [6, 6.07) is 7.99. The number of hydrogen-bond acceptors (Lipinski definition) is 3. The lowest BCUT2D eigenvalue weighted by atomic mass is 9.96. The zero-order valence-corrected chi connectivity index (χ0v) is 11.4. The summed E-state index contributed by atoms with van der Waals surface area (Å²) in [4.78, 5) is 11.7.